The van der Waals surface area contributed by atoms with Gasteiger partial charge in [0.05, 0.1) is 0 Å². The van der Waals surface area contributed by atoms with Crippen LogP contribution in [0.4, 0.5) is 0 Å². The van der Waals surface area contributed by atoms with Gasteiger partial charge in [-0.3, -0.25) is 4.79 Å². The summed E-state index contributed by atoms with van der Waals surface area (Å²) >= 11 is 0. The first-order valence-electron chi connectivity index (χ1n) is 10.2. The highest BCUT2D eigenvalue weighted by Gasteiger charge is 2.17. The molecule has 0 amide bonds. The molecule has 2 unspecified atom stereocenters. The molecule has 0 aromatic rings. The molecule has 0 saturated carbocycles. The Balaban J connectivity index is 3.56. The number of nitrogens with two attached hydrogens (primary N) is 1. The molecule has 0 bridgehead atoms. The van der Waals surface area contributed by atoms with Crippen LogP contribution in [0.25, 0.3) is 0 Å². The Labute approximate surface area is 160 Å². The second-order valence-electron chi connectivity index (χ2n) is 6.75. The normalized spacial score (nSPS) is 14.9. The van der Waals surface area contributed by atoms with Crippen LogP contribution in [0.5, 0.6) is 0 Å². The number of carbonyl (C=O) groups is 1. The van der Waals surface area contributed by atoms with Gasteiger partial charge in [-0.15, -0.1) is 0 Å². The highest BCUT2D eigenvalue weighted by Crippen LogP contribution is 2.04. The van der Waals surface area contributed by atoms with E-state index in [2.05, 4.69) is 55.5 Å². The molecule has 0 aliphatic rings. The number of unbranched alkanes of at least 4 members (excludes halogenated alkanes) is 4. The first kappa shape index (κ1) is 24.6. The number of aliphatic hydroxyl groups excluding tert-OH is 1. The van der Waals surface area contributed by atoms with E-state index in [1.807, 2.05) is 0 Å². The standard InChI is InChI=1S/C23H39NO2/c1-3-4-5-6-7-8-9-10-11-12-13-14-15-16-17-18-19-20-22(25)23(26)21(2)24/h7-8,10-11,13-14,16-17,21,23,26H,3-6,9,12,15,18-20,24H2,1-2H3/b8-7-,11-10-,14-13-,17-16-. The third kappa shape index (κ3) is 16.0. The van der Waals surface area contributed by atoms with Gasteiger partial charge in [-0.25, -0.2) is 0 Å². The summed E-state index contributed by atoms with van der Waals surface area (Å²) in [4.78, 5) is 11.6. The Hall–Kier alpha value is -1.45. The van der Waals surface area contributed by atoms with Gasteiger partial charge >= 0.3 is 0 Å². The zero-order valence-electron chi connectivity index (χ0n) is 16.8. The number of rotatable bonds is 16. The van der Waals surface area contributed by atoms with Crippen LogP contribution in [0.15, 0.2) is 48.6 Å². The molecule has 0 aromatic carbocycles. The number of aliphatic hydroxyl groups is 1. The van der Waals surface area contributed by atoms with Crippen molar-refractivity contribution in [3.05, 3.63) is 48.6 Å². The van der Waals surface area contributed by atoms with Crippen LogP contribution < -0.4 is 5.73 Å². The summed E-state index contributed by atoms with van der Waals surface area (Å²) in [6.45, 7) is 3.88. The van der Waals surface area contributed by atoms with Crippen molar-refractivity contribution in [1.82, 2.24) is 0 Å². The van der Waals surface area contributed by atoms with Crippen LogP contribution >= 0.6 is 0 Å². The van der Waals surface area contributed by atoms with Crippen molar-refractivity contribution in [3.8, 4) is 0 Å². The summed E-state index contributed by atoms with van der Waals surface area (Å²) in [7, 11) is 0. The van der Waals surface area contributed by atoms with E-state index < -0.39 is 12.1 Å². The minimum absolute atomic E-state index is 0.157. The molecule has 2 atom stereocenters. The van der Waals surface area contributed by atoms with Crippen molar-refractivity contribution in [3.63, 3.8) is 0 Å². The molecule has 0 aliphatic carbocycles. The van der Waals surface area contributed by atoms with Crippen molar-refractivity contribution in [1.29, 1.82) is 0 Å². The molecule has 3 N–H and O–H groups in total. The number of hydrogen-bond acceptors (Lipinski definition) is 3. The van der Waals surface area contributed by atoms with Crippen LogP contribution in [0.3, 0.4) is 0 Å². The van der Waals surface area contributed by atoms with Gasteiger partial charge in [0.15, 0.2) is 5.78 Å². The van der Waals surface area contributed by atoms with Gasteiger partial charge in [-0.05, 0) is 51.9 Å². The molecule has 0 radical (unpaired) electrons. The molecule has 0 aromatic heterocycles. The van der Waals surface area contributed by atoms with Crippen molar-refractivity contribution in [2.45, 2.75) is 90.2 Å². The van der Waals surface area contributed by atoms with Gasteiger partial charge < -0.3 is 10.8 Å². The zero-order valence-corrected chi connectivity index (χ0v) is 16.8. The molecule has 0 saturated heterocycles. The Bertz CT molecular complexity index is 447. The lowest BCUT2D eigenvalue weighted by Crippen LogP contribution is -2.37. The monoisotopic (exact) mass is 361 g/mol. The van der Waals surface area contributed by atoms with Crippen LogP contribution in [-0.2, 0) is 4.79 Å². The summed E-state index contributed by atoms with van der Waals surface area (Å²) in [5.74, 6) is -0.157. The third-order valence-electron chi connectivity index (χ3n) is 4.08. The topological polar surface area (TPSA) is 63.3 Å². The molecule has 3 nitrogen and oxygen atoms in total. The van der Waals surface area contributed by atoms with E-state index in [1.165, 1.54) is 25.7 Å². The maximum absolute atomic E-state index is 11.6. The summed E-state index contributed by atoms with van der Waals surface area (Å²) in [5.41, 5.74) is 5.50. The van der Waals surface area contributed by atoms with Crippen molar-refractivity contribution >= 4 is 5.78 Å². The fourth-order valence-corrected chi connectivity index (χ4v) is 2.40. The van der Waals surface area contributed by atoms with E-state index in [1.54, 1.807) is 6.92 Å². The summed E-state index contributed by atoms with van der Waals surface area (Å²) in [6.07, 6.45) is 26.5. The highest BCUT2D eigenvalue weighted by molar-refractivity contribution is 5.83. The van der Waals surface area contributed by atoms with Crippen LogP contribution in [0.2, 0.25) is 0 Å². The predicted molar refractivity (Wildman–Crippen MR) is 113 cm³/mol. The maximum Gasteiger partial charge on any atom is 0.162 e. The maximum atomic E-state index is 11.6. The van der Waals surface area contributed by atoms with Crippen molar-refractivity contribution in [2.75, 3.05) is 0 Å². The molecular formula is C23H39NO2. The summed E-state index contributed by atoms with van der Waals surface area (Å²) in [5, 5.41) is 9.52. The average molecular weight is 362 g/mol. The molecular weight excluding hydrogens is 322 g/mol. The number of allylic oxidation sites excluding steroid dienone is 8. The minimum atomic E-state index is -1.02. The average Bonchev–Trinajstić information content (AvgIpc) is 2.63. The van der Waals surface area contributed by atoms with Gasteiger partial charge in [0.25, 0.3) is 0 Å². The van der Waals surface area contributed by atoms with E-state index in [4.69, 9.17) is 5.73 Å². The lowest BCUT2D eigenvalue weighted by Gasteiger charge is -2.12. The second kappa shape index (κ2) is 18.3. The quantitative estimate of drug-likeness (QED) is 0.285. The largest absolute Gasteiger partial charge is 0.384 e. The SMILES string of the molecule is CCCCC/C=C\C/C=C\C/C=C\C/C=C\CCCC(=O)C(O)C(C)N. The lowest BCUT2D eigenvalue weighted by atomic mass is 10.0. The third-order valence-corrected chi connectivity index (χ3v) is 4.08. The Morgan fingerprint density at radius 2 is 1.31 bits per heavy atom. The van der Waals surface area contributed by atoms with Crippen LogP contribution in [0, 0.1) is 0 Å². The minimum Gasteiger partial charge on any atom is -0.384 e. The van der Waals surface area contributed by atoms with Crippen molar-refractivity contribution < 1.29 is 9.90 Å². The zero-order chi connectivity index (χ0) is 19.5. The van der Waals surface area contributed by atoms with E-state index in [0.29, 0.717) is 6.42 Å². The predicted octanol–water partition coefficient (Wildman–Crippen LogP) is 5.41. The highest BCUT2D eigenvalue weighted by atomic mass is 16.3. The van der Waals surface area contributed by atoms with Crippen LogP contribution in [0.1, 0.15) is 78.1 Å². The first-order valence-corrected chi connectivity index (χ1v) is 10.2. The van der Waals surface area contributed by atoms with Gasteiger partial charge in [0.2, 0.25) is 0 Å². The van der Waals surface area contributed by atoms with E-state index in [0.717, 1.165) is 32.1 Å². The molecule has 0 heterocycles. The van der Waals surface area contributed by atoms with Gasteiger partial charge in [0.1, 0.15) is 6.10 Å². The van der Waals surface area contributed by atoms with Crippen molar-refractivity contribution in [2.24, 2.45) is 5.73 Å². The summed E-state index contributed by atoms with van der Waals surface area (Å²) in [6, 6.07) is -0.487. The first-order chi connectivity index (χ1) is 12.6. The fraction of sp³-hybridized carbons (Fsp3) is 0.609. The van der Waals surface area contributed by atoms with Gasteiger partial charge in [-0.2, -0.15) is 0 Å². The molecule has 0 aliphatic heterocycles. The van der Waals surface area contributed by atoms with E-state index in [-0.39, 0.29) is 5.78 Å². The Morgan fingerprint density at radius 1 is 0.846 bits per heavy atom. The molecule has 26 heavy (non-hydrogen) atoms. The summed E-state index contributed by atoms with van der Waals surface area (Å²) < 4.78 is 0. The number of ketones is 1. The molecule has 0 fully saturated rings. The van der Waals surface area contributed by atoms with Gasteiger partial charge in [0, 0.05) is 12.5 Å². The fourth-order valence-electron chi connectivity index (χ4n) is 2.40. The number of hydrogen-bond donors (Lipinski definition) is 2. The van der Waals surface area contributed by atoms with E-state index >= 15 is 0 Å². The molecule has 0 spiro atoms. The number of Topliss-reactive ketones (excluding diaryl/α,β-unsaturated/α-hetero) is 1. The lowest BCUT2D eigenvalue weighted by molar-refractivity contribution is -0.127. The second-order valence-corrected chi connectivity index (χ2v) is 6.75. The Morgan fingerprint density at radius 3 is 1.77 bits per heavy atom. The Kier molecular flexibility index (Phi) is 17.3. The molecule has 148 valence electrons. The van der Waals surface area contributed by atoms with Gasteiger partial charge in [-0.1, -0.05) is 68.4 Å². The molecule has 3 heteroatoms. The van der Waals surface area contributed by atoms with E-state index in [9.17, 15) is 9.90 Å². The smallest absolute Gasteiger partial charge is 0.162 e. The number of carbonyl (C=O) groups excluding carboxylic acids is 1. The van der Waals surface area contributed by atoms with Crippen LogP contribution in [-0.4, -0.2) is 23.0 Å². The molecule has 0 rings (SSSR count).